The van der Waals surface area contributed by atoms with Gasteiger partial charge in [0.1, 0.15) is 0 Å². The van der Waals surface area contributed by atoms with Crippen LogP contribution in [-0.4, -0.2) is 72.4 Å². The van der Waals surface area contributed by atoms with Crippen LogP contribution in [0.3, 0.4) is 0 Å². The Morgan fingerprint density at radius 1 is 1.23 bits per heavy atom. The molecular weight excluding hydrogens is 348 g/mol. The fraction of sp³-hybridized carbons (Fsp3) is 0.579. The lowest BCUT2D eigenvalue weighted by molar-refractivity contribution is -0.134. The number of nitrogens with zero attached hydrogens (tertiary/aromatic N) is 2. The van der Waals surface area contributed by atoms with Gasteiger partial charge in [0.2, 0.25) is 11.8 Å². The van der Waals surface area contributed by atoms with Crippen LogP contribution in [0.15, 0.2) is 18.2 Å². The molecule has 1 saturated heterocycles. The molecule has 1 fully saturated rings. The molecule has 0 aliphatic carbocycles. The van der Waals surface area contributed by atoms with Crippen LogP contribution >= 0.6 is 11.8 Å². The smallest absolute Gasteiger partial charge is 0.239 e. The molecule has 0 saturated carbocycles. The highest BCUT2D eigenvalue weighted by molar-refractivity contribution is 7.98. The molecule has 1 unspecified atom stereocenters. The highest BCUT2D eigenvalue weighted by atomic mass is 32.2. The number of amides is 2. The second kappa shape index (κ2) is 9.94. The van der Waals surface area contributed by atoms with Crippen molar-refractivity contribution in [1.82, 2.24) is 9.80 Å². The van der Waals surface area contributed by atoms with Crippen molar-refractivity contribution >= 4 is 29.3 Å². The summed E-state index contributed by atoms with van der Waals surface area (Å²) in [6.07, 6.45) is 2.72. The third kappa shape index (κ3) is 5.72. The quantitative estimate of drug-likeness (QED) is 0.751. The SMILES string of the molecule is CSCCC(N)C(=O)N1CCN(CC(=O)Nc2cccc(C)c2C)CC1. The predicted molar refractivity (Wildman–Crippen MR) is 109 cm³/mol. The number of thioether (sulfide) groups is 1. The Morgan fingerprint density at radius 3 is 2.58 bits per heavy atom. The Hall–Kier alpha value is -1.57. The minimum atomic E-state index is -0.415. The van der Waals surface area contributed by atoms with E-state index in [9.17, 15) is 9.59 Å². The van der Waals surface area contributed by atoms with Crippen molar-refractivity contribution in [3.8, 4) is 0 Å². The van der Waals surface area contributed by atoms with E-state index in [1.807, 2.05) is 43.2 Å². The second-order valence-corrected chi connectivity index (χ2v) is 7.77. The summed E-state index contributed by atoms with van der Waals surface area (Å²) in [5.74, 6) is 0.902. The van der Waals surface area contributed by atoms with Crippen LogP contribution in [0, 0.1) is 13.8 Å². The van der Waals surface area contributed by atoms with Crippen LogP contribution in [0.4, 0.5) is 5.69 Å². The summed E-state index contributed by atoms with van der Waals surface area (Å²) in [6, 6.07) is 5.49. The van der Waals surface area contributed by atoms with Gasteiger partial charge in [0.15, 0.2) is 0 Å². The predicted octanol–water partition coefficient (Wildman–Crippen LogP) is 1.47. The van der Waals surface area contributed by atoms with Crippen LogP contribution in [0.1, 0.15) is 17.5 Å². The van der Waals surface area contributed by atoms with Crippen LogP contribution < -0.4 is 11.1 Å². The summed E-state index contributed by atoms with van der Waals surface area (Å²) in [7, 11) is 0. The van der Waals surface area contributed by atoms with Crippen molar-refractivity contribution in [2.24, 2.45) is 5.73 Å². The van der Waals surface area contributed by atoms with Gasteiger partial charge in [-0.2, -0.15) is 11.8 Å². The molecule has 3 N–H and O–H groups in total. The fourth-order valence-corrected chi connectivity index (χ4v) is 3.50. The Bertz CT molecular complexity index is 630. The van der Waals surface area contributed by atoms with Crippen LogP contribution in [0.2, 0.25) is 0 Å². The number of hydrogen-bond acceptors (Lipinski definition) is 5. The van der Waals surface area contributed by atoms with E-state index in [0.717, 1.165) is 22.6 Å². The molecule has 1 aromatic carbocycles. The van der Waals surface area contributed by atoms with Crippen LogP contribution in [0.25, 0.3) is 0 Å². The summed E-state index contributed by atoms with van der Waals surface area (Å²) >= 11 is 1.70. The lowest BCUT2D eigenvalue weighted by Gasteiger charge is -2.35. The molecule has 26 heavy (non-hydrogen) atoms. The van der Waals surface area contributed by atoms with E-state index in [0.29, 0.717) is 39.1 Å². The van der Waals surface area contributed by atoms with Crippen molar-refractivity contribution in [2.45, 2.75) is 26.3 Å². The summed E-state index contributed by atoms with van der Waals surface area (Å²) in [5.41, 5.74) is 9.10. The van der Waals surface area contributed by atoms with Crippen molar-refractivity contribution < 1.29 is 9.59 Å². The summed E-state index contributed by atoms with van der Waals surface area (Å²) in [4.78, 5) is 28.6. The second-order valence-electron chi connectivity index (χ2n) is 6.79. The number of carbonyl (C=O) groups is 2. The minimum Gasteiger partial charge on any atom is -0.339 e. The molecule has 144 valence electrons. The van der Waals surface area contributed by atoms with Gasteiger partial charge in [0.05, 0.1) is 12.6 Å². The first-order valence-electron chi connectivity index (χ1n) is 9.04. The number of piperazine rings is 1. The molecule has 1 aliphatic heterocycles. The van der Waals surface area contributed by atoms with E-state index < -0.39 is 6.04 Å². The van der Waals surface area contributed by atoms with E-state index in [2.05, 4.69) is 10.2 Å². The zero-order valence-electron chi connectivity index (χ0n) is 16.0. The van der Waals surface area contributed by atoms with Gasteiger partial charge in [-0.1, -0.05) is 12.1 Å². The Kier molecular flexibility index (Phi) is 7.93. The zero-order valence-corrected chi connectivity index (χ0v) is 16.8. The largest absolute Gasteiger partial charge is 0.339 e. The third-order valence-corrected chi connectivity index (χ3v) is 5.52. The maximum atomic E-state index is 12.3. The number of nitrogens with two attached hydrogens (primary N) is 1. The van der Waals surface area contributed by atoms with E-state index in [4.69, 9.17) is 5.73 Å². The molecule has 6 nitrogen and oxygen atoms in total. The monoisotopic (exact) mass is 378 g/mol. The standard InChI is InChI=1S/C19H30N4O2S/c1-14-5-4-6-17(15(14)2)21-18(24)13-22-8-10-23(11-9-22)19(25)16(20)7-12-26-3/h4-6,16H,7-13,20H2,1-3H3,(H,21,24). The molecule has 2 rings (SSSR count). The number of benzene rings is 1. The van der Waals surface area contributed by atoms with Crippen LogP contribution in [0.5, 0.6) is 0 Å². The highest BCUT2D eigenvalue weighted by Gasteiger charge is 2.25. The first-order chi connectivity index (χ1) is 12.4. The van der Waals surface area contributed by atoms with Gasteiger partial charge in [-0.25, -0.2) is 0 Å². The molecule has 0 aromatic heterocycles. The first-order valence-corrected chi connectivity index (χ1v) is 10.4. The van der Waals surface area contributed by atoms with Crippen molar-refractivity contribution in [3.05, 3.63) is 29.3 Å². The van der Waals surface area contributed by atoms with Gasteiger partial charge >= 0.3 is 0 Å². The minimum absolute atomic E-state index is 0.0184. The number of anilines is 1. The summed E-state index contributed by atoms with van der Waals surface area (Å²) in [5, 5.41) is 2.99. The molecule has 2 amide bonds. The molecule has 1 aromatic rings. The van der Waals surface area contributed by atoms with Gasteiger partial charge < -0.3 is 16.0 Å². The normalized spacial score (nSPS) is 16.4. The third-order valence-electron chi connectivity index (χ3n) is 4.88. The van der Waals surface area contributed by atoms with Crippen molar-refractivity contribution in [2.75, 3.05) is 50.0 Å². The van der Waals surface area contributed by atoms with Crippen molar-refractivity contribution in [3.63, 3.8) is 0 Å². The molecule has 1 aliphatic rings. The number of hydrogen-bond donors (Lipinski definition) is 2. The zero-order chi connectivity index (χ0) is 19.1. The maximum absolute atomic E-state index is 12.3. The average Bonchev–Trinajstić information content (AvgIpc) is 2.63. The van der Waals surface area contributed by atoms with E-state index >= 15 is 0 Å². The molecular formula is C19H30N4O2S. The molecule has 0 radical (unpaired) electrons. The number of aryl methyl sites for hydroxylation is 1. The molecule has 1 heterocycles. The first kappa shape index (κ1) is 20.7. The topological polar surface area (TPSA) is 78.7 Å². The number of rotatable bonds is 7. The molecule has 7 heteroatoms. The summed E-state index contributed by atoms with van der Waals surface area (Å²) in [6.45, 7) is 7.03. The average molecular weight is 379 g/mol. The molecule has 1 atom stereocenters. The Morgan fingerprint density at radius 2 is 1.92 bits per heavy atom. The number of nitrogens with one attached hydrogen (secondary N) is 1. The molecule has 0 bridgehead atoms. The van der Waals surface area contributed by atoms with Crippen molar-refractivity contribution in [1.29, 1.82) is 0 Å². The van der Waals surface area contributed by atoms with Gasteiger partial charge in [0.25, 0.3) is 0 Å². The van der Waals surface area contributed by atoms with Crippen LogP contribution in [-0.2, 0) is 9.59 Å². The Balaban J connectivity index is 1.78. The van der Waals surface area contributed by atoms with E-state index in [1.54, 1.807) is 11.8 Å². The number of carbonyl (C=O) groups excluding carboxylic acids is 2. The maximum Gasteiger partial charge on any atom is 0.239 e. The lowest BCUT2D eigenvalue weighted by Crippen LogP contribution is -2.54. The lowest BCUT2D eigenvalue weighted by atomic mass is 10.1. The van der Waals surface area contributed by atoms with Gasteiger partial charge in [-0.15, -0.1) is 0 Å². The van der Waals surface area contributed by atoms with Gasteiger partial charge in [0, 0.05) is 31.9 Å². The van der Waals surface area contributed by atoms with E-state index in [1.165, 1.54) is 0 Å². The van der Waals surface area contributed by atoms with E-state index in [-0.39, 0.29) is 11.8 Å². The van der Waals surface area contributed by atoms with Gasteiger partial charge in [-0.05, 0) is 49.5 Å². The highest BCUT2D eigenvalue weighted by Crippen LogP contribution is 2.18. The fourth-order valence-electron chi connectivity index (χ4n) is 3.01. The Labute approximate surface area is 160 Å². The summed E-state index contributed by atoms with van der Waals surface area (Å²) < 4.78 is 0. The van der Waals surface area contributed by atoms with Gasteiger partial charge in [-0.3, -0.25) is 14.5 Å². The molecule has 0 spiro atoms.